The van der Waals surface area contributed by atoms with Crippen molar-refractivity contribution in [2.75, 3.05) is 0 Å². The number of esters is 1. The van der Waals surface area contributed by atoms with Crippen molar-refractivity contribution in [2.45, 2.75) is 126 Å². The number of hydrogen-bond donors (Lipinski definition) is 1. The average Bonchev–Trinajstić information content (AvgIpc) is 2.75. The van der Waals surface area contributed by atoms with Gasteiger partial charge >= 0.3 is 5.97 Å². The van der Waals surface area contributed by atoms with Crippen molar-refractivity contribution in [3.63, 3.8) is 0 Å². The number of hydrogen-bond acceptors (Lipinski definition) is 3. The minimum absolute atomic E-state index is 0.0121. The molecule has 0 aliphatic heterocycles. The lowest BCUT2D eigenvalue weighted by atomic mass is 9.33. The summed E-state index contributed by atoms with van der Waals surface area (Å²) in [5, 5.41) is 0. The van der Waals surface area contributed by atoms with E-state index in [-0.39, 0.29) is 56.4 Å². The van der Waals surface area contributed by atoms with Crippen molar-refractivity contribution in [1.29, 1.82) is 0 Å². The van der Waals surface area contributed by atoms with Crippen LogP contribution in [0.4, 0.5) is 0 Å². The summed E-state index contributed by atoms with van der Waals surface area (Å²) >= 11 is 0. The Bertz CT molecular complexity index is 995. The van der Waals surface area contributed by atoms with Crippen LogP contribution in [0.25, 0.3) is 0 Å². The van der Waals surface area contributed by atoms with Gasteiger partial charge in [0.2, 0.25) is 5.91 Å². The maximum atomic E-state index is 13.0. The quantitative estimate of drug-likeness (QED) is 0.324. The average molecular weight is 498 g/mol. The molecule has 5 aliphatic carbocycles. The molecular weight excluding hydrogens is 446 g/mol. The summed E-state index contributed by atoms with van der Waals surface area (Å²) in [5.74, 6) is 1.23. The minimum Gasteiger partial charge on any atom is -0.462 e. The zero-order valence-corrected chi connectivity index (χ0v) is 24.3. The first-order valence-electron chi connectivity index (χ1n) is 14.7. The molecule has 0 aromatic rings. The Morgan fingerprint density at radius 3 is 2.19 bits per heavy atom. The molecule has 4 heteroatoms. The molecule has 1 amide bonds. The number of amides is 1. The molecule has 4 saturated carbocycles. The Labute approximate surface area is 219 Å². The summed E-state index contributed by atoms with van der Waals surface area (Å²) < 4.78 is 5.88. The van der Waals surface area contributed by atoms with Crippen LogP contribution in [0.15, 0.2) is 11.6 Å². The van der Waals surface area contributed by atoms with Crippen molar-refractivity contribution in [1.82, 2.24) is 0 Å². The molecule has 4 fully saturated rings. The number of carbonyl (C=O) groups excluding carboxylic acids is 2. The number of primary amides is 1. The lowest BCUT2D eigenvalue weighted by Crippen LogP contribution is -2.65. The summed E-state index contributed by atoms with van der Waals surface area (Å²) in [6, 6.07) is 0. The highest BCUT2D eigenvalue weighted by Gasteiger charge is 2.69. The van der Waals surface area contributed by atoms with E-state index >= 15 is 0 Å². The van der Waals surface area contributed by atoms with Crippen molar-refractivity contribution in [3.8, 4) is 0 Å². The molecule has 0 bridgehead atoms. The second-order valence-electron chi connectivity index (χ2n) is 15.7. The Morgan fingerprint density at radius 2 is 1.56 bits per heavy atom. The third-order valence-corrected chi connectivity index (χ3v) is 13.4. The maximum absolute atomic E-state index is 13.0. The van der Waals surface area contributed by atoms with E-state index in [1.54, 1.807) is 12.5 Å². The molecule has 36 heavy (non-hydrogen) atoms. The van der Waals surface area contributed by atoms with E-state index in [0.29, 0.717) is 11.8 Å². The van der Waals surface area contributed by atoms with Gasteiger partial charge in [0, 0.05) is 12.3 Å². The van der Waals surface area contributed by atoms with Crippen molar-refractivity contribution in [3.05, 3.63) is 11.6 Å². The van der Waals surface area contributed by atoms with Gasteiger partial charge in [-0.25, -0.2) is 0 Å². The third kappa shape index (κ3) is 3.30. The van der Waals surface area contributed by atoms with Gasteiger partial charge in [0.05, 0.1) is 5.41 Å². The standard InChI is InChI=1S/C32H51NO3/c1-20(34)36-25-12-13-29(6)23(28(25,4)5)11-14-31(8)24(29)10-9-21-22-19-27(2,3)15-17-32(22,26(33)35)18-16-30(21,31)7/h9,22-25H,10-19H2,1-8H3,(H2,33,35)/t22?,23?,24?,25-,29?,30-,31+,32-/m0/s1. The fraction of sp³-hybridized carbons (Fsp3) is 0.875. The monoisotopic (exact) mass is 497 g/mol. The lowest BCUT2D eigenvalue weighted by molar-refractivity contribution is -0.212. The van der Waals surface area contributed by atoms with E-state index in [9.17, 15) is 9.59 Å². The topological polar surface area (TPSA) is 69.4 Å². The van der Waals surface area contributed by atoms with Crippen molar-refractivity contribution >= 4 is 11.9 Å². The van der Waals surface area contributed by atoms with Crippen LogP contribution in [-0.2, 0) is 14.3 Å². The first-order valence-corrected chi connectivity index (χ1v) is 14.7. The van der Waals surface area contributed by atoms with Gasteiger partial charge in [0.15, 0.2) is 0 Å². The summed E-state index contributed by atoms with van der Waals surface area (Å²) in [7, 11) is 0. The lowest BCUT2D eigenvalue weighted by Gasteiger charge is -2.71. The summed E-state index contributed by atoms with van der Waals surface area (Å²) in [6.45, 7) is 18.7. The minimum atomic E-state index is -0.352. The normalized spacial score (nSPS) is 48.8. The Balaban J connectivity index is 1.55. The summed E-state index contributed by atoms with van der Waals surface area (Å²) in [5.41, 5.74) is 8.21. The van der Waals surface area contributed by atoms with Crippen LogP contribution in [0.3, 0.4) is 0 Å². The number of nitrogens with two attached hydrogens (primary N) is 1. The van der Waals surface area contributed by atoms with Crippen LogP contribution in [0, 0.1) is 50.2 Å². The van der Waals surface area contributed by atoms with Gasteiger partial charge in [-0.15, -0.1) is 0 Å². The zero-order valence-electron chi connectivity index (χ0n) is 24.3. The third-order valence-electron chi connectivity index (χ3n) is 13.4. The molecule has 4 nitrogen and oxygen atoms in total. The van der Waals surface area contributed by atoms with Gasteiger partial charge in [0.25, 0.3) is 0 Å². The predicted molar refractivity (Wildman–Crippen MR) is 144 cm³/mol. The molecule has 0 radical (unpaired) electrons. The molecule has 0 aromatic carbocycles. The van der Waals surface area contributed by atoms with E-state index in [0.717, 1.165) is 51.4 Å². The van der Waals surface area contributed by atoms with Crippen LogP contribution in [-0.4, -0.2) is 18.0 Å². The molecule has 8 atom stereocenters. The van der Waals surface area contributed by atoms with Gasteiger partial charge in [-0.05, 0) is 104 Å². The SMILES string of the molecule is CC(=O)O[C@H]1CCC2(C)C(CC[C@]3(C)C2CC=C2C4CC(C)(C)CC[C@]4(C(N)=O)CC[C@@]23C)C1(C)C. The molecule has 0 heterocycles. The highest BCUT2D eigenvalue weighted by molar-refractivity contribution is 5.82. The van der Waals surface area contributed by atoms with Crippen LogP contribution < -0.4 is 5.73 Å². The molecule has 4 unspecified atom stereocenters. The number of rotatable bonds is 2. The maximum Gasteiger partial charge on any atom is 0.302 e. The smallest absolute Gasteiger partial charge is 0.302 e. The molecule has 0 aromatic heterocycles. The summed E-state index contributed by atoms with van der Waals surface area (Å²) in [4.78, 5) is 24.9. The first-order chi connectivity index (χ1) is 16.5. The molecule has 0 saturated heterocycles. The molecule has 202 valence electrons. The van der Waals surface area contributed by atoms with Crippen molar-refractivity contribution in [2.24, 2.45) is 56.0 Å². The van der Waals surface area contributed by atoms with Crippen LogP contribution in [0.5, 0.6) is 0 Å². The van der Waals surface area contributed by atoms with Gasteiger partial charge < -0.3 is 10.5 Å². The Hall–Kier alpha value is -1.32. The highest BCUT2D eigenvalue weighted by atomic mass is 16.5. The van der Waals surface area contributed by atoms with E-state index < -0.39 is 0 Å². The molecule has 5 rings (SSSR count). The van der Waals surface area contributed by atoms with Gasteiger partial charge in [0.1, 0.15) is 6.10 Å². The van der Waals surface area contributed by atoms with Crippen LogP contribution in [0.2, 0.25) is 0 Å². The molecule has 5 aliphatic rings. The van der Waals surface area contributed by atoms with E-state index in [1.165, 1.54) is 12.8 Å². The fourth-order valence-corrected chi connectivity index (χ4v) is 11.1. The van der Waals surface area contributed by atoms with E-state index in [1.807, 2.05) is 0 Å². The fourth-order valence-electron chi connectivity index (χ4n) is 11.1. The Kier molecular flexibility index (Phi) is 5.74. The number of allylic oxidation sites excluding steroid dienone is 2. The van der Waals surface area contributed by atoms with Crippen LogP contribution in [0.1, 0.15) is 120 Å². The molecular formula is C32H51NO3. The Morgan fingerprint density at radius 1 is 0.889 bits per heavy atom. The van der Waals surface area contributed by atoms with E-state index in [2.05, 4.69) is 54.5 Å². The predicted octanol–water partition coefficient (Wildman–Crippen LogP) is 7.21. The second kappa shape index (κ2) is 7.85. The second-order valence-corrected chi connectivity index (χ2v) is 15.7. The van der Waals surface area contributed by atoms with Crippen molar-refractivity contribution < 1.29 is 14.3 Å². The molecule has 0 spiro atoms. The number of fused-ring (bicyclic) bond motifs is 7. The van der Waals surface area contributed by atoms with E-state index in [4.69, 9.17) is 10.5 Å². The summed E-state index contributed by atoms with van der Waals surface area (Å²) in [6.07, 6.45) is 13.3. The van der Waals surface area contributed by atoms with Gasteiger partial charge in [-0.1, -0.05) is 60.1 Å². The highest BCUT2D eigenvalue weighted by Crippen LogP contribution is 2.75. The van der Waals surface area contributed by atoms with Crippen LogP contribution >= 0.6 is 0 Å². The largest absolute Gasteiger partial charge is 0.462 e. The first kappa shape index (κ1) is 26.3. The number of carbonyl (C=O) groups is 2. The van der Waals surface area contributed by atoms with Gasteiger partial charge in [-0.3, -0.25) is 9.59 Å². The van der Waals surface area contributed by atoms with Gasteiger partial charge in [-0.2, -0.15) is 0 Å². The number of ether oxygens (including phenoxy) is 1. The molecule has 2 N–H and O–H groups in total. The zero-order chi connectivity index (χ0) is 26.5.